The Labute approximate surface area is 126 Å². The van der Waals surface area contributed by atoms with Gasteiger partial charge in [-0.3, -0.25) is 0 Å². The molecule has 104 valence electrons. The molecule has 19 heavy (non-hydrogen) atoms. The molecule has 4 heteroatoms. The number of hydrogen-bond donors (Lipinski definition) is 2. The van der Waals surface area contributed by atoms with Crippen molar-refractivity contribution in [1.29, 1.82) is 0 Å². The van der Waals surface area contributed by atoms with E-state index >= 15 is 0 Å². The normalized spacial score (nSPS) is 15.5. The molecule has 0 heterocycles. The van der Waals surface area contributed by atoms with Gasteiger partial charge in [0.1, 0.15) is 0 Å². The molecule has 3 unspecified atom stereocenters. The Kier molecular flexibility index (Phi) is 5.88. The minimum Gasteiger partial charge on any atom is -0.393 e. The highest BCUT2D eigenvalue weighted by Crippen LogP contribution is 2.32. The fourth-order valence-electron chi connectivity index (χ4n) is 2.42. The lowest BCUT2D eigenvalue weighted by molar-refractivity contribution is 0.379. The fraction of sp³-hybridized carbons (Fsp3) is 0.467. The molecule has 0 saturated heterocycles. The lowest BCUT2D eigenvalue weighted by atomic mass is 9.78. The van der Waals surface area contributed by atoms with E-state index in [-0.39, 0.29) is 5.92 Å². The number of aryl methyl sites for hydroxylation is 1. The Morgan fingerprint density at radius 2 is 1.84 bits per heavy atom. The summed E-state index contributed by atoms with van der Waals surface area (Å²) in [5.74, 6) is 0.726. The van der Waals surface area contributed by atoms with Gasteiger partial charge in [-0.1, -0.05) is 68.1 Å². The molecule has 3 atom stereocenters. The van der Waals surface area contributed by atoms with Crippen molar-refractivity contribution >= 4 is 34.4 Å². The minimum absolute atomic E-state index is 0.0687. The zero-order chi connectivity index (χ0) is 14.6. The number of hydrogen-bond acceptors (Lipinski definition) is 2. The molecule has 1 aromatic carbocycles. The molecule has 0 aliphatic carbocycles. The van der Waals surface area contributed by atoms with E-state index in [0.29, 0.717) is 21.8 Å². The predicted molar refractivity (Wildman–Crippen MR) is 90.4 cm³/mol. The maximum atomic E-state index is 5.96. The zero-order valence-corrected chi connectivity index (χ0v) is 13.4. The van der Waals surface area contributed by atoms with Crippen molar-refractivity contribution < 1.29 is 0 Å². The molecule has 0 saturated carbocycles. The molecule has 0 aromatic heterocycles. The number of rotatable bonds is 6. The highest BCUT2D eigenvalue weighted by molar-refractivity contribution is 7.80. The third-order valence-electron chi connectivity index (χ3n) is 3.65. The van der Waals surface area contributed by atoms with E-state index < -0.39 is 0 Å². The summed E-state index contributed by atoms with van der Waals surface area (Å²) in [5.41, 5.74) is 14.0. The van der Waals surface area contributed by atoms with Crippen LogP contribution in [0.1, 0.15) is 37.3 Å². The van der Waals surface area contributed by atoms with Gasteiger partial charge < -0.3 is 11.5 Å². The Bertz CT molecular complexity index is 471. The van der Waals surface area contributed by atoms with Gasteiger partial charge in [-0.15, -0.1) is 0 Å². The van der Waals surface area contributed by atoms with Gasteiger partial charge in [-0.2, -0.15) is 0 Å². The van der Waals surface area contributed by atoms with Crippen LogP contribution in [0.5, 0.6) is 0 Å². The monoisotopic (exact) mass is 294 g/mol. The van der Waals surface area contributed by atoms with Crippen molar-refractivity contribution in [3.63, 3.8) is 0 Å². The second-order valence-electron chi connectivity index (χ2n) is 5.30. The summed E-state index contributed by atoms with van der Waals surface area (Å²) in [4.78, 5) is 1.08. The van der Waals surface area contributed by atoms with Crippen LogP contribution in [0.15, 0.2) is 24.3 Å². The summed E-state index contributed by atoms with van der Waals surface area (Å²) in [6.45, 7) is 6.38. The molecule has 0 radical (unpaired) electrons. The topological polar surface area (TPSA) is 52.0 Å². The third kappa shape index (κ3) is 4.55. The third-order valence-corrected chi connectivity index (χ3v) is 4.07. The summed E-state index contributed by atoms with van der Waals surface area (Å²) in [6, 6.07) is 8.35. The van der Waals surface area contributed by atoms with E-state index in [1.807, 2.05) is 6.07 Å². The fourth-order valence-corrected chi connectivity index (χ4v) is 3.04. The highest BCUT2D eigenvalue weighted by atomic mass is 32.1. The first kappa shape index (κ1) is 16.1. The van der Waals surface area contributed by atoms with E-state index in [1.165, 1.54) is 11.1 Å². The minimum atomic E-state index is 0.0687. The van der Waals surface area contributed by atoms with Crippen molar-refractivity contribution in [2.45, 2.75) is 33.1 Å². The number of nitrogens with two attached hydrogens (primary N) is 2. The maximum absolute atomic E-state index is 5.96. The second kappa shape index (κ2) is 6.96. The van der Waals surface area contributed by atoms with E-state index in [0.717, 1.165) is 6.42 Å². The quantitative estimate of drug-likeness (QED) is 0.790. The van der Waals surface area contributed by atoms with Crippen LogP contribution in [0.4, 0.5) is 0 Å². The molecular formula is C15H22N2S2. The average molecular weight is 294 g/mol. The molecule has 0 amide bonds. The lowest BCUT2D eigenvalue weighted by Gasteiger charge is -2.28. The van der Waals surface area contributed by atoms with Crippen LogP contribution < -0.4 is 11.5 Å². The average Bonchev–Trinajstić information content (AvgIpc) is 2.27. The van der Waals surface area contributed by atoms with Gasteiger partial charge in [0.15, 0.2) is 0 Å². The van der Waals surface area contributed by atoms with E-state index in [1.54, 1.807) is 0 Å². The largest absolute Gasteiger partial charge is 0.393 e. The van der Waals surface area contributed by atoms with Crippen LogP contribution in [0.3, 0.4) is 0 Å². The molecule has 4 N–H and O–H groups in total. The molecule has 1 aromatic rings. The van der Waals surface area contributed by atoms with Gasteiger partial charge in [0.25, 0.3) is 0 Å². The molecular weight excluding hydrogens is 272 g/mol. The SMILES string of the molecule is Cc1cccc(C(C(N)=S)C(C)C(C)CC(N)=S)c1. The summed E-state index contributed by atoms with van der Waals surface area (Å²) < 4.78 is 0. The molecule has 0 aliphatic rings. The first-order valence-electron chi connectivity index (χ1n) is 6.47. The van der Waals surface area contributed by atoms with Crippen LogP contribution in [0, 0.1) is 18.8 Å². The van der Waals surface area contributed by atoms with Crippen LogP contribution in [0.2, 0.25) is 0 Å². The maximum Gasteiger partial charge on any atom is 0.0806 e. The number of benzene rings is 1. The van der Waals surface area contributed by atoms with Crippen molar-refractivity contribution in [3.05, 3.63) is 35.4 Å². The van der Waals surface area contributed by atoms with E-state index in [4.69, 9.17) is 35.9 Å². The van der Waals surface area contributed by atoms with Gasteiger partial charge in [-0.25, -0.2) is 0 Å². The van der Waals surface area contributed by atoms with Gasteiger partial charge in [-0.05, 0) is 24.3 Å². The van der Waals surface area contributed by atoms with Gasteiger partial charge >= 0.3 is 0 Å². The molecule has 0 bridgehead atoms. The number of thiocarbonyl (C=S) groups is 2. The first-order chi connectivity index (χ1) is 8.82. The van der Waals surface area contributed by atoms with Crippen LogP contribution >= 0.6 is 24.4 Å². The van der Waals surface area contributed by atoms with Gasteiger partial charge in [0.2, 0.25) is 0 Å². The highest BCUT2D eigenvalue weighted by Gasteiger charge is 2.26. The summed E-state index contributed by atoms with van der Waals surface area (Å²) >= 11 is 10.3. The Balaban J connectivity index is 3.01. The van der Waals surface area contributed by atoms with E-state index in [2.05, 4.69) is 39.0 Å². The van der Waals surface area contributed by atoms with Crippen molar-refractivity contribution in [2.24, 2.45) is 23.3 Å². The lowest BCUT2D eigenvalue weighted by Crippen LogP contribution is -2.30. The summed E-state index contributed by atoms with van der Waals surface area (Å²) in [7, 11) is 0. The predicted octanol–water partition coefficient (Wildman–Crippen LogP) is 3.31. The van der Waals surface area contributed by atoms with Crippen molar-refractivity contribution in [2.75, 3.05) is 0 Å². The van der Waals surface area contributed by atoms with Crippen molar-refractivity contribution in [1.82, 2.24) is 0 Å². The Morgan fingerprint density at radius 3 is 2.32 bits per heavy atom. The standard InChI is InChI=1S/C15H22N2S2/c1-9-5-4-6-12(7-9)14(15(17)19)11(3)10(2)8-13(16)18/h4-7,10-11,14H,8H2,1-3H3,(H2,16,18)(H2,17,19). The van der Waals surface area contributed by atoms with E-state index in [9.17, 15) is 0 Å². The van der Waals surface area contributed by atoms with Gasteiger partial charge in [0.05, 0.1) is 9.98 Å². The van der Waals surface area contributed by atoms with Crippen LogP contribution in [0.25, 0.3) is 0 Å². The molecule has 0 aliphatic heterocycles. The smallest absolute Gasteiger partial charge is 0.0806 e. The summed E-state index contributed by atoms with van der Waals surface area (Å²) in [5, 5.41) is 0. The van der Waals surface area contributed by atoms with Gasteiger partial charge in [0, 0.05) is 12.3 Å². The Hall–Kier alpha value is -1.00. The molecule has 1 rings (SSSR count). The molecule has 0 spiro atoms. The van der Waals surface area contributed by atoms with Crippen LogP contribution in [-0.2, 0) is 0 Å². The van der Waals surface area contributed by atoms with Crippen LogP contribution in [-0.4, -0.2) is 9.98 Å². The first-order valence-corrected chi connectivity index (χ1v) is 7.28. The second-order valence-corrected chi connectivity index (χ2v) is 6.30. The molecule has 0 fully saturated rings. The van der Waals surface area contributed by atoms with Crippen molar-refractivity contribution in [3.8, 4) is 0 Å². The Morgan fingerprint density at radius 1 is 1.21 bits per heavy atom. The zero-order valence-electron chi connectivity index (χ0n) is 11.7. The summed E-state index contributed by atoms with van der Waals surface area (Å²) in [6.07, 6.45) is 0.724. The molecule has 2 nitrogen and oxygen atoms in total.